The molecule has 0 saturated carbocycles. The van der Waals surface area contributed by atoms with Crippen molar-refractivity contribution in [3.8, 4) is 5.75 Å². The van der Waals surface area contributed by atoms with Gasteiger partial charge in [0.2, 0.25) is 5.13 Å². The fourth-order valence-corrected chi connectivity index (χ4v) is 4.29. The smallest absolute Gasteiger partial charge is 0.258 e. The summed E-state index contributed by atoms with van der Waals surface area (Å²) in [5.41, 5.74) is 1.49. The monoisotopic (exact) mass is 428 g/mol. The Hall–Kier alpha value is -3.04. The normalized spacial score (nSPS) is 21.3. The number of carbonyl (C=O) groups is 1. The molecule has 30 heavy (non-hydrogen) atoms. The molecule has 1 fully saturated rings. The molecule has 0 radical (unpaired) electrons. The first kappa shape index (κ1) is 20.2. The Morgan fingerprint density at radius 3 is 2.83 bits per heavy atom. The van der Waals surface area contributed by atoms with Gasteiger partial charge in [-0.05, 0) is 24.1 Å². The van der Waals surface area contributed by atoms with Crippen LogP contribution >= 0.6 is 11.3 Å². The number of piperidine rings is 1. The lowest BCUT2D eigenvalue weighted by Gasteiger charge is -2.46. The first-order chi connectivity index (χ1) is 14.6. The van der Waals surface area contributed by atoms with Gasteiger partial charge in [-0.2, -0.15) is 0 Å². The molecule has 3 aromatic rings. The highest BCUT2D eigenvalue weighted by atomic mass is 32.1. The fourth-order valence-electron chi connectivity index (χ4n) is 3.69. The first-order valence-corrected chi connectivity index (χ1v) is 10.4. The van der Waals surface area contributed by atoms with Crippen molar-refractivity contribution in [2.24, 2.45) is 0 Å². The Morgan fingerprint density at radius 2 is 2.13 bits per heavy atom. The summed E-state index contributed by atoms with van der Waals surface area (Å²) in [6, 6.07) is 15.0. The van der Waals surface area contributed by atoms with Gasteiger partial charge in [0.25, 0.3) is 5.91 Å². The van der Waals surface area contributed by atoms with Crippen LogP contribution < -0.4 is 15.0 Å². The van der Waals surface area contributed by atoms with Gasteiger partial charge < -0.3 is 20.1 Å². The molecule has 0 bridgehead atoms. The van der Waals surface area contributed by atoms with E-state index in [-0.39, 0.29) is 12.4 Å². The second kappa shape index (κ2) is 8.76. The van der Waals surface area contributed by atoms with E-state index in [4.69, 9.17) is 4.74 Å². The summed E-state index contributed by atoms with van der Waals surface area (Å²) >= 11 is 1.40. The van der Waals surface area contributed by atoms with Gasteiger partial charge in [0, 0.05) is 19.2 Å². The van der Waals surface area contributed by atoms with Crippen molar-refractivity contribution in [3.05, 3.63) is 71.5 Å². The second-order valence-corrected chi connectivity index (χ2v) is 7.88. The van der Waals surface area contributed by atoms with Gasteiger partial charge in [-0.25, -0.2) is 4.39 Å². The Bertz CT molecular complexity index is 989. The van der Waals surface area contributed by atoms with Crippen molar-refractivity contribution in [2.75, 3.05) is 24.6 Å². The number of nitrogens with one attached hydrogen (secondary N) is 1. The molecule has 9 heteroatoms. The Labute approximate surface area is 177 Å². The van der Waals surface area contributed by atoms with Crippen molar-refractivity contribution in [1.29, 1.82) is 0 Å². The SMILES string of the molecule is O=C(COc1cccc(F)c1)N[C@]1(c2ccccc2)CCN(c2nncs2)C[C@H]1O. The Kier molecular flexibility index (Phi) is 5.91. The van der Waals surface area contributed by atoms with Gasteiger partial charge in [-0.1, -0.05) is 47.7 Å². The number of nitrogens with zero attached hydrogens (tertiary/aromatic N) is 3. The van der Waals surface area contributed by atoms with Crippen LogP contribution in [0.2, 0.25) is 0 Å². The summed E-state index contributed by atoms with van der Waals surface area (Å²) in [5.74, 6) is -0.565. The van der Waals surface area contributed by atoms with E-state index in [0.29, 0.717) is 19.5 Å². The molecule has 0 aliphatic carbocycles. The molecule has 7 nitrogen and oxygen atoms in total. The summed E-state index contributed by atoms with van der Waals surface area (Å²) < 4.78 is 18.7. The summed E-state index contributed by atoms with van der Waals surface area (Å²) in [6.45, 7) is 0.603. The minimum Gasteiger partial charge on any atom is -0.484 e. The van der Waals surface area contributed by atoms with Crippen molar-refractivity contribution in [3.63, 3.8) is 0 Å². The Balaban J connectivity index is 1.51. The second-order valence-electron chi connectivity index (χ2n) is 7.06. The molecular formula is C21H21FN4O3S. The topological polar surface area (TPSA) is 87.6 Å². The number of anilines is 1. The molecule has 1 amide bonds. The van der Waals surface area contributed by atoms with Crippen LogP contribution in [0.1, 0.15) is 12.0 Å². The fraction of sp³-hybridized carbons (Fsp3) is 0.286. The van der Waals surface area contributed by atoms with Crippen molar-refractivity contribution in [1.82, 2.24) is 15.5 Å². The molecule has 2 aromatic carbocycles. The number of amides is 1. The predicted octanol–water partition coefficient (Wildman–Crippen LogP) is 2.34. The number of halogens is 1. The van der Waals surface area contributed by atoms with Crippen molar-refractivity contribution in [2.45, 2.75) is 18.1 Å². The van der Waals surface area contributed by atoms with E-state index < -0.39 is 23.4 Å². The molecule has 1 aromatic heterocycles. The number of hydrogen-bond donors (Lipinski definition) is 2. The predicted molar refractivity (Wildman–Crippen MR) is 111 cm³/mol. The van der Waals surface area contributed by atoms with Crippen LogP contribution in [0.3, 0.4) is 0 Å². The lowest BCUT2D eigenvalue weighted by molar-refractivity contribution is -0.127. The highest BCUT2D eigenvalue weighted by molar-refractivity contribution is 7.13. The maximum absolute atomic E-state index is 13.3. The van der Waals surface area contributed by atoms with Gasteiger partial charge in [0.15, 0.2) is 6.61 Å². The van der Waals surface area contributed by atoms with Crippen LogP contribution in [0.15, 0.2) is 60.1 Å². The van der Waals surface area contributed by atoms with Crippen LogP contribution in [0.25, 0.3) is 0 Å². The zero-order chi connectivity index (χ0) is 21.0. The third-order valence-corrected chi connectivity index (χ3v) is 5.93. The number of carbonyl (C=O) groups excluding carboxylic acids is 1. The van der Waals surface area contributed by atoms with E-state index in [9.17, 15) is 14.3 Å². The lowest BCUT2D eigenvalue weighted by Crippen LogP contribution is -2.62. The van der Waals surface area contributed by atoms with E-state index in [2.05, 4.69) is 15.5 Å². The maximum Gasteiger partial charge on any atom is 0.258 e. The van der Waals surface area contributed by atoms with Crippen molar-refractivity contribution >= 4 is 22.4 Å². The average molecular weight is 428 g/mol. The Morgan fingerprint density at radius 1 is 1.30 bits per heavy atom. The maximum atomic E-state index is 13.3. The van der Waals surface area contributed by atoms with E-state index in [1.165, 1.54) is 29.5 Å². The molecule has 1 aliphatic rings. The van der Waals surface area contributed by atoms with Crippen LogP contribution in [0, 0.1) is 5.82 Å². The van der Waals surface area contributed by atoms with Crippen LogP contribution in [0.5, 0.6) is 5.75 Å². The number of rotatable bonds is 6. The van der Waals surface area contributed by atoms with Gasteiger partial charge in [0.1, 0.15) is 17.1 Å². The molecular weight excluding hydrogens is 407 g/mol. The van der Waals surface area contributed by atoms with Crippen LogP contribution in [-0.2, 0) is 10.3 Å². The van der Waals surface area contributed by atoms with Gasteiger partial charge >= 0.3 is 0 Å². The van der Waals surface area contributed by atoms with E-state index in [1.807, 2.05) is 35.2 Å². The minimum absolute atomic E-state index is 0.269. The molecule has 0 unspecified atom stereocenters. The first-order valence-electron chi connectivity index (χ1n) is 9.51. The quantitative estimate of drug-likeness (QED) is 0.627. The summed E-state index contributed by atoms with van der Waals surface area (Å²) in [6.07, 6.45) is -0.403. The van der Waals surface area contributed by atoms with Gasteiger partial charge in [0.05, 0.1) is 11.6 Å². The number of hydrogen-bond acceptors (Lipinski definition) is 7. The molecule has 2 heterocycles. The molecule has 2 atom stereocenters. The van der Waals surface area contributed by atoms with Gasteiger partial charge in [-0.3, -0.25) is 4.79 Å². The third kappa shape index (κ3) is 4.27. The highest BCUT2D eigenvalue weighted by Crippen LogP contribution is 2.35. The molecule has 2 N–H and O–H groups in total. The number of β-amino-alcohol motifs (C(OH)–C–C–N with tert-alkyl or cyclic N) is 1. The number of aromatic nitrogens is 2. The lowest BCUT2D eigenvalue weighted by atomic mass is 9.78. The largest absolute Gasteiger partial charge is 0.484 e. The molecule has 1 saturated heterocycles. The number of aliphatic hydroxyl groups excluding tert-OH is 1. The highest BCUT2D eigenvalue weighted by Gasteiger charge is 2.45. The van der Waals surface area contributed by atoms with Crippen LogP contribution in [0.4, 0.5) is 9.52 Å². The summed E-state index contributed by atoms with van der Waals surface area (Å²) in [5, 5.41) is 22.8. The molecule has 1 aliphatic heterocycles. The standard InChI is InChI=1S/C21H21FN4O3S/c22-16-7-4-8-17(11-16)29-13-19(28)24-21(15-5-2-1-3-6-15)9-10-26(12-18(21)27)20-25-23-14-30-20/h1-8,11,14,18,27H,9-10,12-13H2,(H,24,28)/t18-,21+/m1/s1. The third-order valence-electron chi connectivity index (χ3n) is 5.17. The van der Waals surface area contributed by atoms with E-state index in [1.54, 1.807) is 11.6 Å². The minimum atomic E-state index is -0.967. The summed E-state index contributed by atoms with van der Waals surface area (Å²) in [7, 11) is 0. The number of aliphatic hydroxyl groups is 1. The number of benzene rings is 2. The number of ether oxygens (including phenoxy) is 1. The zero-order valence-electron chi connectivity index (χ0n) is 16.1. The average Bonchev–Trinajstić information content (AvgIpc) is 3.29. The molecule has 4 rings (SSSR count). The summed E-state index contributed by atoms with van der Waals surface area (Å²) in [4.78, 5) is 14.7. The van der Waals surface area contributed by atoms with Crippen LogP contribution in [-0.4, -0.2) is 47.0 Å². The molecule has 0 spiro atoms. The van der Waals surface area contributed by atoms with Gasteiger partial charge in [-0.15, -0.1) is 10.2 Å². The van der Waals surface area contributed by atoms with Crippen molar-refractivity contribution < 1.29 is 19.0 Å². The van der Waals surface area contributed by atoms with E-state index >= 15 is 0 Å². The molecule has 156 valence electrons. The van der Waals surface area contributed by atoms with E-state index in [0.717, 1.165) is 10.7 Å². The zero-order valence-corrected chi connectivity index (χ0v) is 16.9.